The molecule has 1 aliphatic carbocycles. The molecule has 1 aromatic rings. The van der Waals surface area contributed by atoms with Crippen LogP contribution < -0.4 is 5.32 Å². The van der Waals surface area contributed by atoms with Crippen molar-refractivity contribution in [3.63, 3.8) is 0 Å². The molecule has 4 heteroatoms. The summed E-state index contributed by atoms with van der Waals surface area (Å²) in [5.74, 6) is -0.117. The lowest BCUT2D eigenvalue weighted by Gasteiger charge is -2.39. The molecular weight excluding hydrogens is 252 g/mol. The normalized spacial score (nSPS) is 24.9. The lowest BCUT2D eigenvalue weighted by Crippen LogP contribution is -2.53. The molecule has 1 atom stereocenters. The van der Waals surface area contributed by atoms with Crippen LogP contribution in [0.5, 0.6) is 0 Å². The van der Waals surface area contributed by atoms with Gasteiger partial charge in [-0.2, -0.15) is 0 Å². The molecule has 1 N–H and O–H groups in total. The van der Waals surface area contributed by atoms with Crippen molar-refractivity contribution < 1.29 is 9.59 Å². The summed E-state index contributed by atoms with van der Waals surface area (Å²) >= 11 is 0. The number of nitrogens with one attached hydrogen (secondary N) is 1. The van der Waals surface area contributed by atoms with Gasteiger partial charge in [0.25, 0.3) is 5.91 Å². The van der Waals surface area contributed by atoms with Gasteiger partial charge >= 0.3 is 6.03 Å². The molecule has 3 amide bonds. The van der Waals surface area contributed by atoms with Crippen molar-refractivity contribution in [1.29, 1.82) is 0 Å². The maximum absolute atomic E-state index is 12.4. The van der Waals surface area contributed by atoms with Gasteiger partial charge < -0.3 is 4.90 Å². The van der Waals surface area contributed by atoms with Gasteiger partial charge in [0.1, 0.15) is 5.54 Å². The summed E-state index contributed by atoms with van der Waals surface area (Å²) in [7, 11) is 0. The fourth-order valence-corrected chi connectivity index (χ4v) is 3.37. The molecule has 0 aromatic heterocycles. The van der Waals surface area contributed by atoms with Crippen molar-refractivity contribution in [3.8, 4) is 0 Å². The quantitative estimate of drug-likeness (QED) is 0.858. The van der Waals surface area contributed by atoms with Crippen molar-refractivity contribution in [1.82, 2.24) is 10.2 Å². The number of hydrogen-bond acceptors (Lipinski definition) is 2. The van der Waals surface area contributed by atoms with Gasteiger partial charge in [0.05, 0.1) is 0 Å². The highest BCUT2D eigenvalue weighted by Crippen LogP contribution is 2.36. The average Bonchev–Trinajstić information content (AvgIpc) is 2.68. The zero-order valence-corrected chi connectivity index (χ0v) is 11.8. The van der Waals surface area contributed by atoms with E-state index in [2.05, 4.69) is 24.4 Å². The van der Waals surface area contributed by atoms with E-state index in [1.165, 1.54) is 11.1 Å². The van der Waals surface area contributed by atoms with Gasteiger partial charge in [-0.1, -0.05) is 37.6 Å². The van der Waals surface area contributed by atoms with E-state index in [1.807, 2.05) is 12.1 Å². The van der Waals surface area contributed by atoms with E-state index in [1.54, 1.807) is 4.90 Å². The van der Waals surface area contributed by atoms with Gasteiger partial charge in [-0.3, -0.25) is 10.1 Å². The first-order valence-electron chi connectivity index (χ1n) is 7.37. The first-order chi connectivity index (χ1) is 9.67. The highest BCUT2D eigenvalue weighted by Gasteiger charge is 2.53. The highest BCUT2D eigenvalue weighted by molar-refractivity contribution is 6.07. The zero-order chi connectivity index (χ0) is 14.2. The van der Waals surface area contributed by atoms with Crippen LogP contribution in [0, 0.1) is 0 Å². The maximum atomic E-state index is 12.4. The largest absolute Gasteiger partial charge is 0.325 e. The standard InChI is InChI=1S/C16H20N2O2/c1-2-3-10-18-15(20)17-14(19)16(18)9-8-12-6-4-5-7-13(12)11-16/h4-7H,2-3,8-11H2,1H3,(H,17,19,20). The van der Waals surface area contributed by atoms with Gasteiger partial charge in [0, 0.05) is 13.0 Å². The minimum absolute atomic E-state index is 0.117. The maximum Gasteiger partial charge on any atom is 0.325 e. The van der Waals surface area contributed by atoms with Crippen LogP contribution in [0.3, 0.4) is 0 Å². The molecule has 1 unspecified atom stereocenters. The number of rotatable bonds is 3. The van der Waals surface area contributed by atoms with Gasteiger partial charge in [0.15, 0.2) is 0 Å². The van der Waals surface area contributed by atoms with E-state index in [0.29, 0.717) is 13.0 Å². The van der Waals surface area contributed by atoms with E-state index < -0.39 is 5.54 Å². The fourth-order valence-electron chi connectivity index (χ4n) is 3.37. The molecule has 1 aliphatic heterocycles. The van der Waals surface area contributed by atoms with Crippen molar-refractivity contribution in [3.05, 3.63) is 35.4 Å². The molecule has 106 valence electrons. The van der Waals surface area contributed by atoms with Crippen LogP contribution in [-0.2, 0) is 17.6 Å². The minimum atomic E-state index is -0.652. The summed E-state index contributed by atoms with van der Waals surface area (Å²) in [5, 5.41) is 2.52. The predicted molar refractivity (Wildman–Crippen MR) is 76.4 cm³/mol. The molecule has 4 nitrogen and oxygen atoms in total. The minimum Gasteiger partial charge on any atom is -0.309 e. The molecule has 1 aromatic carbocycles. The van der Waals surface area contributed by atoms with Gasteiger partial charge in [-0.15, -0.1) is 0 Å². The second kappa shape index (κ2) is 4.93. The summed E-state index contributed by atoms with van der Waals surface area (Å²) in [6, 6.07) is 8.01. The molecule has 0 saturated carbocycles. The molecular formula is C16H20N2O2. The van der Waals surface area contributed by atoms with Crippen molar-refractivity contribution in [2.75, 3.05) is 6.54 Å². The van der Waals surface area contributed by atoms with E-state index in [0.717, 1.165) is 25.7 Å². The molecule has 20 heavy (non-hydrogen) atoms. The van der Waals surface area contributed by atoms with E-state index >= 15 is 0 Å². The first-order valence-corrected chi connectivity index (χ1v) is 7.37. The Labute approximate surface area is 119 Å². The second-order valence-corrected chi connectivity index (χ2v) is 5.74. The monoisotopic (exact) mass is 272 g/mol. The SMILES string of the molecule is CCCCN1C(=O)NC(=O)C12CCc1ccccc1C2. The lowest BCUT2D eigenvalue weighted by molar-refractivity contribution is -0.127. The van der Waals surface area contributed by atoms with Crippen molar-refractivity contribution >= 4 is 11.9 Å². The third kappa shape index (κ3) is 1.90. The van der Waals surface area contributed by atoms with E-state index in [9.17, 15) is 9.59 Å². The fraction of sp³-hybridized carbons (Fsp3) is 0.500. The van der Waals surface area contributed by atoms with E-state index in [4.69, 9.17) is 0 Å². The predicted octanol–water partition coefficient (Wildman–Crippen LogP) is 2.27. The van der Waals surface area contributed by atoms with Gasteiger partial charge in [-0.25, -0.2) is 4.79 Å². The number of carbonyl (C=O) groups is 2. The van der Waals surface area contributed by atoms with Crippen LogP contribution in [0.2, 0.25) is 0 Å². The third-order valence-electron chi connectivity index (χ3n) is 4.55. The Balaban J connectivity index is 1.94. The van der Waals surface area contributed by atoms with Gasteiger partial charge in [-0.05, 0) is 30.4 Å². The molecule has 3 rings (SSSR count). The summed E-state index contributed by atoms with van der Waals surface area (Å²) in [4.78, 5) is 26.2. The number of urea groups is 1. The molecule has 1 spiro atoms. The van der Waals surface area contributed by atoms with Crippen molar-refractivity contribution in [2.45, 2.75) is 44.6 Å². The number of aryl methyl sites for hydroxylation is 1. The van der Waals surface area contributed by atoms with Crippen LogP contribution in [0.25, 0.3) is 0 Å². The van der Waals surface area contributed by atoms with Crippen LogP contribution in [0.4, 0.5) is 4.79 Å². The van der Waals surface area contributed by atoms with Gasteiger partial charge in [0.2, 0.25) is 0 Å². The summed E-state index contributed by atoms with van der Waals surface area (Å²) in [6.07, 6.45) is 4.18. The molecule has 2 aliphatic rings. The Hall–Kier alpha value is -1.84. The number of fused-ring (bicyclic) bond motifs is 1. The van der Waals surface area contributed by atoms with E-state index in [-0.39, 0.29) is 11.9 Å². The summed E-state index contributed by atoms with van der Waals surface area (Å²) in [6.45, 7) is 2.76. The highest BCUT2D eigenvalue weighted by atomic mass is 16.2. The van der Waals surface area contributed by atoms with Crippen LogP contribution >= 0.6 is 0 Å². The smallest absolute Gasteiger partial charge is 0.309 e. The number of hydrogen-bond donors (Lipinski definition) is 1. The number of imide groups is 1. The Morgan fingerprint density at radius 2 is 2.00 bits per heavy atom. The Bertz CT molecular complexity index is 555. The molecule has 1 heterocycles. The Kier molecular flexibility index (Phi) is 3.24. The van der Waals surface area contributed by atoms with Crippen LogP contribution in [0.1, 0.15) is 37.3 Å². The topological polar surface area (TPSA) is 49.4 Å². The summed E-state index contributed by atoms with van der Waals surface area (Å²) < 4.78 is 0. The number of amides is 3. The zero-order valence-electron chi connectivity index (χ0n) is 11.8. The number of carbonyl (C=O) groups excluding carboxylic acids is 2. The molecule has 0 radical (unpaired) electrons. The third-order valence-corrected chi connectivity index (χ3v) is 4.55. The van der Waals surface area contributed by atoms with Crippen LogP contribution in [0.15, 0.2) is 24.3 Å². The molecule has 1 saturated heterocycles. The molecule has 1 fully saturated rings. The number of nitrogens with zero attached hydrogens (tertiary/aromatic N) is 1. The average molecular weight is 272 g/mol. The number of benzene rings is 1. The van der Waals surface area contributed by atoms with Crippen molar-refractivity contribution in [2.24, 2.45) is 0 Å². The first kappa shape index (κ1) is 13.2. The molecule has 0 bridgehead atoms. The second-order valence-electron chi connectivity index (χ2n) is 5.74. The Morgan fingerprint density at radius 3 is 2.75 bits per heavy atom. The number of unbranched alkanes of at least 4 members (excludes halogenated alkanes) is 1. The Morgan fingerprint density at radius 1 is 1.25 bits per heavy atom. The lowest BCUT2D eigenvalue weighted by atomic mass is 9.77. The van der Waals surface area contributed by atoms with Crippen LogP contribution in [-0.4, -0.2) is 28.9 Å². The summed E-state index contributed by atoms with van der Waals surface area (Å²) in [5.41, 5.74) is 1.85.